The maximum absolute atomic E-state index is 9.37. The van der Waals surface area contributed by atoms with Crippen molar-refractivity contribution in [1.29, 1.82) is 0 Å². The minimum atomic E-state index is -0.556. The van der Waals surface area contributed by atoms with Gasteiger partial charge in [0.05, 0.1) is 0 Å². The molecule has 0 spiro atoms. The third-order valence-electron chi connectivity index (χ3n) is 3.53. The molecule has 0 heterocycles. The second-order valence-electron chi connectivity index (χ2n) is 5.07. The molecule has 4 aromatic carbocycles. The molecule has 0 aliphatic rings. The molecule has 25 heavy (non-hydrogen) atoms. The van der Waals surface area contributed by atoms with Crippen molar-refractivity contribution >= 4 is 40.2 Å². The molecule has 2 N–H and O–H groups in total. The van der Waals surface area contributed by atoms with Crippen LogP contribution < -0.4 is 0 Å². The standard InChI is InChI=1S/2C10H8O.2ClH.Ti/c2*11-10-7-3-5-8-4-1-2-6-9(8)10;;;/h2*1-7,11H;2*1H;/q;;;;+2/p-2. The fourth-order valence-corrected chi connectivity index (χ4v) is 2.42. The van der Waals surface area contributed by atoms with Crippen molar-refractivity contribution in [2.45, 2.75) is 0 Å². The minimum absolute atomic E-state index is 0.350. The van der Waals surface area contributed by atoms with Gasteiger partial charge in [0.15, 0.2) is 0 Å². The van der Waals surface area contributed by atoms with Gasteiger partial charge in [-0.15, -0.1) is 0 Å². The second kappa shape index (κ2) is 10.3. The Kier molecular flexibility index (Phi) is 8.10. The van der Waals surface area contributed by atoms with Crippen molar-refractivity contribution in [1.82, 2.24) is 0 Å². The van der Waals surface area contributed by atoms with Gasteiger partial charge in [0.1, 0.15) is 11.5 Å². The van der Waals surface area contributed by atoms with Crippen LogP contribution in [0.2, 0.25) is 0 Å². The summed E-state index contributed by atoms with van der Waals surface area (Å²) >= 11 is -0.556. The number of phenols is 2. The predicted octanol–water partition coefficient (Wildman–Crippen LogP) is 6.47. The fourth-order valence-electron chi connectivity index (χ4n) is 2.42. The quantitative estimate of drug-likeness (QED) is 0.328. The summed E-state index contributed by atoms with van der Waals surface area (Å²) in [6.07, 6.45) is 0. The number of aromatic hydroxyl groups is 2. The fraction of sp³-hybridized carbons (Fsp3) is 0. The molecule has 126 valence electrons. The molecule has 5 heteroatoms. The normalized spacial score (nSPS) is 9.52. The van der Waals surface area contributed by atoms with Gasteiger partial charge in [-0.2, -0.15) is 0 Å². The van der Waals surface area contributed by atoms with Crippen LogP contribution in [0.3, 0.4) is 0 Å². The first-order valence-electron chi connectivity index (χ1n) is 7.47. The van der Waals surface area contributed by atoms with Gasteiger partial charge in [-0.3, -0.25) is 0 Å². The van der Waals surface area contributed by atoms with Crippen LogP contribution in [0.15, 0.2) is 84.9 Å². The first kappa shape index (κ1) is 19.6. The Morgan fingerprint density at radius 1 is 0.520 bits per heavy atom. The van der Waals surface area contributed by atoms with Gasteiger partial charge < -0.3 is 10.2 Å². The Hall–Kier alpha value is -1.71. The summed E-state index contributed by atoms with van der Waals surface area (Å²) in [6.45, 7) is 0. The van der Waals surface area contributed by atoms with Crippen LogP contribution in [0.4, 0.5) is 0 Å². The van der Waals surface area contributed by atoms with Crippen LogP contribution in [-0.2, 0) is 17.0 Å². The van der Waals surface area contributed by atoms with E-state index in [-0.39, 0.29) is 0 Å². The molecule has 0 unspecified atom stereocenters. The van der Waals surface area contributed by atoms with E-state index in [1.807, 2.05) is 72.8 Å². The van der Waals surface area contributed by atoms with E-state index in [9.17, 15) is 10.2 Å². The zero-order chi connectivity index (χ0) is 18.1. The van der Waals surface area contributed by atoms with Gasteiger partial charge in [0.25, 0.3) is 0 Å². The summed E-state index contributed by atoms with van der Waals surface area (Å²) < 4.78 is 0. The number of fused-ring (bicyclic) bond motifs is 2. The van der Waals surface area contributed by atoms with Gasteiger partial charge in [-0.1, -0.05) is 72.8 Å². The summed E-state index contributed by atoms with van der Waals surface area (Å²) in [5, 5.41) is 22.7. The first-order valence-corrected chi connectivity index (χ1v) is 11.8. The molecular weight excluding hydrogens is 391 g/mol. The van der Waals surface area contributed by atoms with E-state index in [4.69, 9.17) is 18.6 Å². The topological polar surface area (TPSA) is 40.5 Å². The van der Waals surface area contributed by atoms with Crippen molar-refractivity contribution < 1.29 is 27.2 Å². The summed E-state index contributed by atoms with van der Waals surface area (Å²) in [5.41, 5.74) is 0. The number of halogens is 2. The van der Waals surface area contributed by atoms with Crippen LogP contribution >= 0.6 is 18.6 Å². The molecule has 0 amide bonds. The van der Waals surface area contributed by atoms with E-state index in [0.717, 1.165) is 21.5 Å². The molecule has 0 aliphatic heterocycles. The van der Waals surface area contributed by atoms with Crippen molar-refractivity contribution in [2.24, 2.45) is 0 Å². The molecule has 0 saturated carbocycles. The maximum atomic E-state index is 9.37. The van der Waals surface area contributed by atoms with E-state index in [1.54, 1.807) is 12.1 Å². The van der Waals surface area contributed by atoms with E-state index in [1.165, 1.54) is 0 Å². The van der Waals surface area contributed by atoms with Gasteiger partial charge in [-0.05, 0) is 22.9 Å². The molecule has 0 atom stereocenters. The second-order valence-corrected chi connectivity index (χ2v) is 7.65. The monoisotopic (exact) mass is 406 g/mol. The summed E-state index contributed by atoms with van der Waals surface area (Å²) in [5.74, 6) is 0.700. The Bertz CT molecular complexity index is 857. The molecule has 4 aromatic rings. The van der Waals surface area contributed by atoms with Gasteiger partial charge in [-0.25, -0.2) is 0 Å². The first-order chi connectivity index (χ1) is 12.2. The van der Waals surface area contributed by atoms with Crippen LogP contribution in [0.5, 0.6) is 11.5 Å². The van der Waals surface area contributed by atoms with Gasteiger partial charge in [0, 0.05) is 10.8 Å². The summed E-state index contributed by atoms with van der Waals surface area (Å²) in [4.78, 5) is 0. The predicted molar refractivity (Wildman–Crippen MR) is 103 cm³/mol. The SMILES string of the molecule is Oc1cccc2ccccc12.Oc1cccc2ccccc12.[Cl][Ti][Cl]. The van der Waals surface area contributed by atoms with E-state index in [0.29, 0.717) is 11.5 Å². The molecule has 0 saturated heterocycles. The Morgan fingerprint density at radius 2 is 0.840 bits per heavy atom. The molecule has 0 radical (unpaired) electrons. The summed E-state index contributed by atoms with van der Waals surface area (Å²) in [7, 11) is 9.78. The van der Waals surface area contributed by atoms with Crippen LogP contribution in [0, 0.1) is 0 Å². The molecule has 0 aliphatic carbocycles. The Morgan fingerprint density at radius 3 is 1.20 bits per heavy atom. The van der Waals surface area contributed by atoms with E-state index < -0.39 is 17.0 Å². The van der Waals surface area contributed by atoms with Gasteiger partial charge in [0.2, 0.25) is 0 Å². The molecule has 0 aromatic heterocycles. The van der Waals surface area contributed by atoms with Crippen LogP contribution in [0.1, 0.15) is 0 Å². The van der Waals surface area contributed by atoms with E-state index >= 15 is 0 Å². The Balaban J connectivity index is 0.000000156. The van der Waals surface area contributed by atoms with Crippen molar-refractivity contribution in [3.8, 4) is 11.5 Å². The average molecular weight is 407 g/mol. The number of hydrogen-bond donors (Lipinski definition) is 2. The molecule has 0 fully saturated rings. The molecular formula is C20H16Cl2O2Ti. The zero-order valence-electron chi connectivity index (χ0n) is 13.2. The number of hydrogen-bond acceptors (Lipinski definition) is 2. The van der Waals surface area contributed by atoms with E-state index in [2.05, 4.69) is 0 Å². The van der Waals surface area contributed by atoms with Crippen molar-refractivity contribution in [3.63, 3.8) is 0 Å². The molecule has 4 rings (SSSR count). The van der Waals surface area contributed by atoms with Crippen molar-refractivity contribution in [3.05, 3.63) is 84.9 Å². The number of phenolic OH excluding ortho intramolecular Hbond substituents is 2. The van der Waals surface area contributed by atoms with Crippen LogP contribution in [0.25, 0.3) is 21.5 Å². The third-order valence-corrected chi connectivity index (χ3v) is 3.53. The third kappa shape index (κ3) is 5.66. The number of benzene rings is 4. The average Bonchev–Trinajstić information content (AvgIpc) is 2.64. The summed E-state index contributed by atoms with van der Waals surface area (Å²) in [6, 6.07) is 26.6. The zero-order valence-corrected chi connectivity index (χ0v) is 16.3. The van der Waals surface area contributed by atoms with Crippen molar-refractivity contribution in [2.75, 3.05) is 0 Å². The molecule has 2 nitrogen and oxygen atoms in total. The number of rotatable bonds is 0. The Labute approximate surface area is 163 Å². The van der Waals surface area contributed by atoms with Gasteiger partial charge >= 0.3 is 35.6 Å². The molecule has 0 bridgehead atoms. The van der Waals surface area contributed by atoms with Crippen LogP contribution in [-0.4, -0.2) is 10.2 Å².